The largest absolute Gasteiger partial charge is 0.398 e. The van der Waals surface area contributed by atoms with Gasteiger partial charge in [0.25, 0.3) is 0 Å². The highest BCUT2D eigenvalue weighted by molar-refractivity contribution is 9.10. The first-order chi connectivity index (χ1) is 10.1. The fourth-order valence-electron chi connectivity index (χ4n) is 2.19. The van der Waals surface area contributed by atoms with Crippen LogP contribution >= 0.6 is 15.9 Å². The Morgan fingerprint density at radius 2 is 2.00 bits per heavy atom. The van der Waals surface area contributed by atoms with E-state index >= 15 is 0 Å². The van der Waals surface area contributed by atoms with Crippen LogP contribution in [-0.4, -0.2) is 9.78 Å². The molecular formula is C16H13BrFN3. The Bertz CT molecular complexity index is 783. The number of aromatic nitrogens is 2. The molecule has 0 saturated heterocycles. The molecule has 0 fully saturated rings. The fraction of sp³-hybridized carbons (Fsp3) is 0.0625. The molecule has 0 atom stereocenters. The number of hydrogen-bond acceptors (Lipinski definition) is 2. The van der Waals surface area contributed by atoms with E-state index in [1.165, 1.54) is 12.1 Å². The van der Waals surface area contributed by atoms with Gasteiger partial charge in [0.05, 0.1) is 12.7 Å². The molecule has 3 aromatic rings. The number of para-hydroxylation sites is 1. The van der Waals surface area contributed by atoms with E-state index in [0.717, 1.165) is 21.2 Å². The van der Waals surface area contributed by atoms with Crippen LogP contribution in [-0.2, 0) is 6.54 Å². The molecule has 0 spiro atoms. The van der Waals surface area contributed by atoms with Crippen LogP contribution in [0, 0.1) is 5.82 Å². The van der Waals surface area contributed by atoms with E-state index in [1.54, 1.807) is 16.9 Å². The van der Waals surface area contributed by atoms with Gasteiger partial charge in [0.2, 0.25) is 0 Å². The second kappa shape index (κ2) is 5.69. The summed E-state index contributed by atoms with van der Waals surface area (Å²) in [6.07, 6.45) is 3.67. The van der Waals surface area contributed by atoms with E-state index in [4.69, 9.17) is 5.73 Å². The third-order valence-corrected chi connectivity index (χ3v) is 4.02. The SMILES string of the molecule is Nc1ccccc1-c1cnn(Cc2cc(F)ccc2Br)c1. The van der Waals surface area contributed by atoms with Gasteiger partial charge in [-0.2, -0.15) is 5.10 Å². The van der Waals surface area contributed by atoms with E-state index in [0.29, 0.717) is 12.2 Å². The molecule has 0 aliphatic carbocycles. The predicted molar refractivity (Wildman–Crippen MR) is 85.3 cm³/mol. The van der Waals surface area contributed by atoms with Crippen molar-refractivity contribution in [2.45, 2.75) is 6.54 Å². The Morgan fingerprint density at radius 3 is 2.81 bits per heavy atom. The molecule has 2 aromatic carbocycles. The van der Waals surface area contributed by atoms with Crippen molar-refractivity contribution in [1.29, 1.82) is 0 Å². The summed E-state index contributed by atoms with van der Waals surface area (Å²) in [7, 11) is 0. The molecule has 1 aromatic heterocycles. The first-order valence-electron chi connectivity index (χ1n) is 6.45. The van der Waals surface area contributed by atoms with Gasteiger partial charge in [0.1, 0.15) is 5.82 Å². The molecule has 1 heterocycles. The summed E-state index contributed by atoms with van der Waals surface area (Å²) in [6.45, 7) is 0.491. The molecule has 2 N–H and O–H groups in total. The summed E-state index contributed by atoms with van der Waals surface area (Å²) >= 11 is 3.42. The first kappa shape index (κ1) is 13.8. The van der Waals surface area contributed by atoms with Crippen LogP contribution in [0.3, 0.4) is 0 Å². The zero-order valence-corrected chi connectivity index (χ0v) is 12.7. The zero-order chi connectivity index (χ0) is 14.8. The Hall–Kier alpha value is -2.14. The average molecular weight is 346 g/mol. The highest BCUT2D eigenvalue weighted by Gasteiger charge is 2.07. The number of nitrogen functional groups attached to an aromatic ring is 1. The molecule has 106 valence electrons. The van der Waals surface area contributed by atoms with Gasteiger partial charge < -0.3 is 5.73 Å². The van der Waals surface area contributed by atoms with Crippen molar-refractivity contribution in [3.8, 4) is 11.1 Å². The summed E-state index contributed by atoms with van der Waals surface area (Å²) in [6, 6.07) is 12.3. The van der Waals surface area contributed by atoms with E-state index in [-0.39, 0.29) is 5.82 Å². The number of nitrogens with zero attached hydrogens (tertiary/aromatic N) is 2. The Morgan fingerprint density at radius 1 is 1.19 bits per heavy atom. The molecule has 0 radical (unpaired) electrons. The molecule has 0 aliphatic heterocycles. The molecule has 0 saturated carbocycles. The van der Waals surface area contributed by atoms with Crippen LogP contribution in [0.5, 0.6) is 0 Å². The summed E-state index contributed by atoms with van der Waals surface area (Å²) in [5.74, 6) is -0.257. The van der Waals surface area contributed by atoms with Crippen LogP contribution in [0.15, 0.2) is 59.3 Å². The number of rotatable bonds is 3. The maximum atomic E-state index is 13.3. The van der Waals surface area contributed by atoms with Crippen molar-refractivity contribution in [2.24, 2.45) is 0 Å². The van der Waals surface area contributed by atoms with Crippen molar-refractivity contribution in [3.05, 3.63) is 70.7 Å². The van der Waals surface area contributed by atoms with E-state index < -0.39 is 0 Å². The van der Waals surface area contributed by atoms with Crippen molar-refractivity contribution in [2.75, 3.05) is 5.73 Å². The maximum absolute atomic E-state index is 13.3. The van der Waals surface area contributed by atoms with Crippen LogP contribution in [0.4, 0.5) is 10.1 Å². The molecular weight excluding hydrogens is 333 g/mol. The van der Waals surface area contributed by atoms with Crippen molar-refractivity contribution < 1.29 is 4.39 Å². The van der Waals surface area contributed by atoms with Crippen molar-refractivity contribution in [1.82, 2.24) is 9.78 Å². The average Bonchev–Trinajstić information content (AvgIpc) is 2.92. The third kappa shape index (κ3) is 2.97. The second-order valence-corrected chi connectivity index (χ2v) is 5.60. The number of halogens is 2. The monoisotopic (exact) mass is 345 g/mol. The summed E-state index contributed by atoms with van der Waals surface area (Å²) in [5.41, 5.74) is 9.41. The second-order valence-electron chi connectivity index (χ2n) is 4.75. The lowest BCUT2D eigenvalue weighted by Gasteiger charge is -2.05. The van der Waals surface area contributed by atoms with Crippen LogP contribution in [0.2, 0.25) is 0 Å². The molecule has 0 aliphatic rings. The number of anilines is 1. The standard InChI is InChI=1S/C16H13BrFN3/c17-15-6-5-13(18)7-11(15)9-21-10-12(8-20-21)14-3-1-2-4-16(14)19/h1-8,10H,9,19H2. The lowest BCUT2D eigenvalue weighted by atomic mass is 10.1. The normalized spacial score (nSPS) is 10.8. The number of benzene rings is 2. The van der Waals surface area contributed by atoms with Crippen molar-refractivity contribution >= 4 is 21.6 Å². The fourth-order valence-corrected chi connectivity index (χ4v) is 2.56. The number of nitrogens with two attached hydrogens (primary N) is 1. The smallest absolute Gasteiger partial charge is 0.123 e. The predicted octanol–water partition coefficient (Wildman–Crippen LogP) is 4.08. The van der Waals surface area contributed by atoms with E-state index in [2.05, 4.69) is 21.0 Å². The highest BCUT2D eigenvalue weighted by atomic mass is 79.9. The molecule has 5 heteroatoms. The number of hydrogen-bond donors (Lipinski definition) is 1. The molecule has 0 unspecified atom stereocenters. The summed E-state index contributed by atoms with van der Waals surface area (Å²) < 4.78 is 15.9. The van der Waals surface area contributed by atoms with Gasteiger partial charge in [0, 0.05) is 27.5 Å². The Balaban J connectivity index is 1.89. The molecule has 0 amide bonds. The van der Waals surface area contributed by atoms with Crippen LogP contribution in [0.25, 0.3) is 11.1 Å². The Labute approximate surface area is 130 Å². The van der Waals surface area contributed by atoms with Gasteiger partial charge in [-0.3, -0.25) is 4.68 Å². The first-order valence-corrected chi connectivity index (χ1v) is 7.24. The van der Waals surface area contributed by atoms with Gasteiger partial charge in [-0.05, 0) is 29.8 Å². The minimum Gasteiger partial charge on any atom is -0.398 e. The highest BCUT2D eigenvalue weighted by Crippen LogP contribution is 2.25. The van der Waals surface area contributed by atoms with Crippen LogP contribution in [0.1, 0.15) is 5.56 Å². The van der Waals surface area contributed by atoms with E-state index in [9.17, 15) is 4.39 Å². The lowest BCUT2D eigenvalue weighted by Crippen LogP contribution is -2.01. The third-order valence-electron chi connectivity index (χ3n) is 3.25. The summed E-state index contributed by atoms with van der Waals surface area (Å²) in [5, 5.41) is 4.32. The quantitative estimate of drug-likeness (QED) is 0.726. The van der Waals surface area contributed by atoms with Gasteiger partial charge in [-0.25, -0.2) is 4.39 Å². The van der Waals surface area contributed by atoms with Gasteiger partial charge in [-0.15, -0.1) is 0 Å². The molecule has 3 rings (SSSR count). The lowest BCUT2D eigenvalue weighted by molar-refractivity contribution is 0.618. The van der Waals surface area contributed by atoms with Crippen LogP contribution < -0.4 is 5.73 Å². The topological polar surface area (TPSA) is 43.8 Å². The Kier molecular flexibility index (Phi) is 3.75. The van der Waals surface area contributed by atoms with Gasteiger partial charge >= 0.3 is 0 Å². The van der Waals surface area contributed by atoms with Crippen molar-refractivity contribution in [3.63, 3.8) is 0 Å². The van der Waals surface area contributed by atoms with Gasteiger partial charge in [-0.1, -0.05) is 34.1 Å². The zero-order valence-electron chi connectivity index (χ0n) is 11.1. The molecule has 3 nitrogen and oxygen atoms in total. The maximum Gasteiger partial charge on any atom is 0.123 e. The minimum atomic E-state index is -0.257. The summed E-state index contributed by atoms with van der Waals surface area (Å²) in [4.78, 5) is 0. The molecule has 0 bridgehead atoms. The minimum absolute atomic E-state index is 0.257. The van der Waals surface area contributed by atoms with E-state index in [1.807, 2.05) is 30.5 Å². The molecule has 21 heavy (non-hydrogen) atoms. The van der Waals surface area contributed by atoms with Gasteiger partial charge in [0.15, 0.2) is 0 Å².